The minimum Gasteiger partial charge on any atom is -0.369 e. The second-order valence-electron chi connectivity index (χ2n) is 8.99. The van der Waals surface area contributed by atoms with Crippen LogP contribution in [0.3, 0.4) is 0 Å². The standard InChI is InChI=1S/C27H25ClF2N6O3/c1-2-35-22(15-39-14-16-7-4-3-5-8-16)34-36(27(35)38)25-21(30)13-18(24(33-25)31-17-11-12-17)26(37)32-23-19(28)9-6-10-20(23)29/h3-10,13,17H,2,11-12,14-15H2,1H3,(H,31,33)(H,32,37). The molecule has 39 heavy (non-hydrogen) atoms. The highest BCUT2D eigenvalue weighted by Crippen LogP contribution is 2.30. The third kappa shape index (κ3) is 5.84. The molecule has 12 heteroatoms. The molecule has 2 aromatic carbocycles. The van der Waals surface area contributed by atoms with Gasteiger partial charge in [0.25, 0.3) is 5.91 Å². The Hall–Kier alpha value is -4.09. The van der Waals surface area contributed by atoms with E-state index in [1.54, 1.807) is 6.92 Å². The molecule has 0 aliphatic heterocycles. The summed E-state index contributed by atoms with van der Waals surface area (Å²) < 4.78 is 37.6. The highest BCUT2D eigenvalue weighted by Gasteiger charge is 2.28. The molecule has 2 aromatic heterocycles. The molecular weight excluding hydrogens is 530 g/mol. The molecular formula is C27H25ClF2N6O3. The van der Waals surface area contributed by atoms with Crippen molar-refractivity contribution in [1.29, 1.82) is 0 Å². The summed E-state index contributed by atoms with van der Waals surface area (Å²) in [5.41, 5.74) is -0.0489. The van der Waals surface area contributed by atoms with E-state index in [0.717, 1.165) is 35.2 Å². The molecule has 9 nitrogen and oxygen atoms in total. The summed E-state index contributed by atoms with van der Waals surface area (Å²) in [7, 11) is 0. The van der Waals surface area contributed by atoms with Gasteiger partial charge in [-0.2, -0.15) is 4.68 Å². The van der Waals surface area contributed by atoms with Crippen molar-refractivity contribution in [3.63, 3.8) is 0 Å². The van der Waals surface area contributed by atoms with Gasteiger partial charge >= 0.3 is 5.69 Å². The van der Waals surface area contributed by atoms with Crippen LogP contribution >= 0.6 is 11.6 Å². The fraction of sp³-hybridized carbons (Fsp3) is 0.259. The number of ether oxygens (including phenoxy) is 1. The first-order valence-corrected chi connectivity index (χ1v) is 12.8. The first kappa shape index (κ1) is 26.5. The zero-order valence-corrected chi connectivity index (χ0v) is 21.7. The number of pyridine rings is 1. The second kappa shape index (κ2) is 11.3. The molecule has 1 aliphatic rings. The van der Waals surface area contributed by atoms with Crippen molar-refractivity contribution in [2.45, 2.75) is 45.6 Å². The van der Waals surface area contributed by atoms with E-state index >= 15 is 4.39 Å². The Morgan fingerprint density at radius 2 is 1.87 bits per heavy atom. The van der Waals surface area contributed by atoms with Gasteiger partial charge in [-0.1, -0.05) is 48.0 Å². The van der Waals surface area contributed by atoms with Gasteiger partial charge in [0.2, 0.25) is 0 Å². The first-order chi connectivity index (χ1) is 18.9. The van der Waals surface area contributed by atoms with Crippen LogP contribution in [-0.4, -0.2) is 31.3 Å². The highest BCUT2D eigenvalue weighted by atomic mass is 35.5. The first-order valence-electron chi connectivity index (χ1n) is 12.4. The Morgan fingerprint density at radius 3 is 2.56 bits per heavy atom. The fourth-order valence-electron chi connectivity index (χ4n) is 3.96. The molecule has 202 valence electrons. The molecule has 0 atom stereocenters. The number of carbonyl (C=O) groups is 1. The lowest BCUT2D eigenvalue weighted by Crippen LogP contribution is -2.26. The number of para-hydroxylation sites is 1. The lowest BCUT2D eigenvalue weighted by molar-refractivity contribution is 0.0989. The summed E-state index contributed by atoms with van der Waals surface area (Å²) >= 11 is 6.03. The molecule has 0 bridgehead atoms. The van der Waals surface area contributed by atoms with Crippen LogP contribution < -0.4 is 16.3 Å². The molecule has 0 unspecified atom stereocenters. The van der Waals surface area contributed by atoms with E-state index in [4.69, 9.17) is 16.3 Å². The Bertz CT molecular complexity index is 1550. The molecule has 2 N–H and O–H groups in total. The smallest absolute Gasteiger partial charge is 0.352 e. The van der Waals surface area contributed by atoms with E-state index < -0.39 is 23.2 Å². The van der Waals surface area contributed by atoms with E-state index in [0.29, 0.717) is 12.4 Å². The summed E-state index contributed by atoms with van der Waals surface area (Å²) in [6, 6.07) is 14.5. The number of rotatable bonds is 10. The molecule has 1 fully saturated rings. The third-order valence-corrected chi connectivity index (χ3v) is 6.44. The van der Waals surface area contributed by atoms with Crippen LogP contribution in [0.15, 0.2) is 59.4 Å². The van der Waals surface area contributed by atoms with E-state index in [2.05, 4.69) is 20.7 Å². The molecule has 1 amide bonds. The summed E-state index contributed by atoms with van der Waals surface area (Å²) in [5.74, 6) is -2.55. The molecule has 0 radical (unpaired) electrons. The van der Waals surface area contributed by atoms with Gasteiger partial charge in [-0.3, -0.25) is 9.36 Å². The monoisotopic (exact) mass is 554 g/mol. The van der Waals surface area contributed by atoms with Crippen molar-refractivity contribution in [3.05, 3.63) is 98.7 Å². The number of halogens is 3. The minimum atomic E-state index is -0.958. The van der Waals surface area contributed by atoms with E-state index in [1.807, 2.05) is 30.3 Å². The van der Waals surface area contributed by atoms with E-state index in [-0.39, 0.29) is 47.1 Å². The lowest BCUT2D eigenvalue weighted by Gasteiger charge is -2.14. The van der Waals surface area contributed by atoms with Crippen molar-refractivity contribution >= 4 is 29.0 Å². The number of carbonyl (C=O) groups excluding carboxylic acids is 1. The van der Waals surface area contributed by atoms with E-state index in [1.165, 1.54) is 16.7 Å². The minimum absolute atomic E-state index is 0.0104. The van der Waals surface area contributed by atoms with Crippen molar-refractivity contribution in [3.8, 4) is 5.82 Å². The number of aromatic nitrogens is 4. The summed E-state index contributed by atoms with van der Waals surface area (Å²) in [4.78, 5) is 30.5. The maximum Gasteiger partial charge on any atom is 0.352 e. The maximum atomic E-state index is 15.4. The summed E-state index contributed by atoms with van der Waals surface area (Å²) in [6.45, 7) is 2.37. The topological polar surface area (TPSA) is 103 Å². The average molecular weight is 555 g/mol. The SMILES string of the molecule is CCn1c(COCc2ccccc2)nn(-c2nc(NC3CC3)c(C(=O)Nc3c(F)cccc3Cl)cc2F)c1=O. The van der Waals surface area contributed by atoms with Crippen LogP contribution in [0, 0.1) is 11.6 Å². The van der Waals surface area contributed by atoms with Crippen molar-refractivity contribution < 1.29 is 18.3 Å². The summed E-state index contributed by atoms with van der Waals surface area (Å²) in [5, 5.41) is 9.75. The van der Waals surface area contributed by atoms with Crippen LogP contribution in [0.1, 0.15) is 41.5 Å². The number of nitrogens with one attached hydrogen (secondary N) is 2. The van der Waals surface area contributed by atoms with Gasteiger partial charge in [-0.05, 0) is 43.5 Å². The average Bonchev–Trinajstić information content (AvgIpc) is 3.69. The van der Waals surface area contributed by atoms with Gasteiger partial charge in [-0.25, -0.2) is 18.6 Å². The van der Waals surface area contributed by atoms with Crippen LogP contribution in [0.5, 0.6) is 0 Å². The number of benzene rings is 2. The van der Waals surface area contributed by atoms with Gasteiger partial charge in [0.05, 0.1) is 22.9 Å². The number of nitrogens with zero attached hydrogens (tertiary/aromatic N) is 4. The Kier molecular flexibility index (Phi) is 7.71. The maximum absolute atomic E-state index is 15.4. The quantitative estimate of drug-likeness (QED) is 0.288. The van der Waals surface area contributed by atoms with Crippen molar-refractivity contribution in [2.24, 2.45) is 0 Å². The van der Waals surface area contributed by atoms with Gasteiger partial charge < -0.3 is 15.4 Å². The number of hydrogen-bond donors (Lipinski definition) is 2. The molecule has 1 saturated carbocycles. The fourth-order valence-corrected chi connectivity index (χ4v) is 4.17. The number of amides is 1. The molecule has 2 heterocycles. The van der Waals surface area contributed by atoms with Gasteiger partial charge in [-0.15, -0.1) is 5.10 Å². The zero-order chi connectivity index (χ0) is 27.5. The third-order valence-electron chi connectivity index (χ3n) is 6.12. The summed E-state index contributed by atoms with van der Waals surface area (Å²) in [6.07, 6.45) is 1.67. The van der Waals surface area contributed by atoms with E-state index in [9.17, 15) is 14.0 Å². The van der Waals surface area contributed by atoms with Gasteiger partial charge in [0.15, 0.2) is 17.5 Å². The van der Waals surface area contributed by atoms with Crippen molar-refractivity contribution in [1.82, 2.24) is 19.3 Å². The van der Waals surface area contributed by atoms with Crippen LogP contribution in [-0.2, 0) is 24.5 Å². The van der Waals surface area contributed by atoms with Gasteiger partial charge in [0, 0.05) is 12.6 Å². The predicted octanol–water partition coefficient (Wildman–Crippen LogP) is 4.92. The number of anilines is 2. The molecule has 4 aromatic rings. The Morgan fingerprint density at radius 1 is 1.10 bits per heavy atom. The molecule has 0 saturated heterocycles. The predicted molar refractivity (Wildman–Crippen MR) is 142 cm³/mol. The van der Waals surface area contributed by atoms with Crippen LogP contribution in [0.25, 0.3) is 5.82 Å². The van der Waals surface area contributed by atoms with Crippen LogP contribution in [0.2, 0.25) is 5.02 Å². The Balaban J connectivity index is 1.46. The zero-order valence-electron chi connectivity index (χ0n) is 21.0. The second-order valence-corrected chi connectivity index (χ2v) is 9.40. The normalized spacial score (nSPS) is 12.9. The molecule has 1 aliphatic carbocycles. The highest BCUT2D eigenvalue weighted by molar-refractivity contribution is 6.34. The Labute approximate surface area is 227 Å². The van der Waals surface area contributed by atoms with Gasteiger partial charge in [0.1, 0.15) is 18.2 Å². The van der Waals surface area contributed by atoms with Crippen LogP contribution in [0.4, 0.5) is 20.3 Å². The molecule has 0 spiro atoms. The van der Waals surface area contributed by atoms with Crippen molar-refractivity contribution in [2.75, 3.05) is 10.6 Å². The molecule has 5 rings (SSSR count). The lowest BCUT2D eigenvalue weighted by atomic mass is 10.2. The number of hydrogen-bond acceptors (Lipinski definition) is 6. The largest absolute Gasteiger partial charge is 0.369 e.